The number of hydrogen-bond acceptors (Lipinski definition) is 2. The first-order valence-corrected chi connectivity index (χ1v) is 7.22. The Morgan fingerprint density at radius 1 is 0.682 bits per heavy atom. The van der Waals surface area contributed by atoms with Gasteiger partial charge in [0.1, 0.15) is 0 Å². The van der Waals surface area contributed by atoms with Gasteiger partial charge in [-0.15, -0.1) is 0 Å². The second-order valence-corrected chi connectivity index (χ2v) is 5.40. The lowest BCUT2D eigenvalue weighted by molar-refractivity contribution is 0.101. The van der Waals surface area contributed by atoms with Gasteiger partial charge in [0.25, 0.3) is 0 Å². The predicted octanol–water partition coefficient (Wildman–Crippen LogP) is 4.91. The summed E-state index contributed by atoms with van der Waals surface area (Å²) in [5.74, 6) is 0.123. The standard InChI is InChI=1S/C20H16O2/c1-13(21)15-9-11-16(12-10-15)18-6-4-7-19-17(14(2)22)5-3-8-20(18)19/h3-12H,1-2H3. The van der Waals surface area contributed by atoms with E-state index >= 15 is 0 Å². The van der Waals surface area contributed by atoms with Crippen LogP contribution in [0.2, 0.25) is 0 Å². The fourth-order valence-corrected chi connectivity index (χ4v) is 2.75. The van der Waals surface area contributed by atoms with E-state index < -0.39 is 0 Å². The molecule has 0 amide bonds. The van der Waals surface area contributed by atoms with Gasteiger partial charge in [0, 0.05) is 11.1 Å². The molecule has 3 aromatic rings. The summed E-state index contributed by atoms with van der Waals surface area (Å²) < 4.78 is 0. The van der Waals surface area contributed by atoms with Gasteiger partial charge in [0.2, 0.25) is 0 Å². The van der Waals surface area contributed by atoms with Crippen LogP contribution >= 0.6 is 0 Å². The molecule has 108 valence electrons. The normalized spacial score (nSPS) is 10.6. The van der Waals surface area contributed by atoms with Crippen LogP contribution < -0.4 is 0 Å². The highest BCUT2D eigenvalue weighted by Gasteiger charge is 2.09. The largest absolute Gasteiger partial charge is 0.295 e. The average Bonchev–Trinajstić information content (AvgIpc) is 2.53. The van der Waals surface area contributed by atoms with Gasteiger partial charge in [-0.2, -0.15) is 0 Å². The van der Waals surface area contributed by atoms with Crippen LogP contribution in [0.1, 0.15) is 34.6 Å². The van der Waals surface area contributed by atoms with Crippen molar-refractivity contribution in [2.45, 2.75) is 13.8 Å². The van der Waals surface area contributed by atoms with Gasteiger partial charge in [-0.1, -0.05) is 60.7 Å². The van der Waals surface area contributed by atoms with Crippen molar-refractivity contribution in [2.24, 2.45) is 0 Å². The van der Waals surface area contributed by atoms with E-state index in [1.807, 2.05) is 60.7 Å². The maximum Gasteiger partial charge on any atom is 0.160 e. The third-order valence-corrected chi connectivity index (χ3v) is 3.90. The zero-order valence-corrected chi connectivity index (χ0v) is 12.6. The van der Waals surface area contributed by atoms with E-state index in [1.165, 1.54) is 0 Å². The maximum absolute atomic E-state index is 11.8. The average molecular weight is 288 g/mol. The number of hydrogen-bond donors (Lipinski definition) is 0. The fraction of sp³-hybridized carbons (Fsp3) is 0.100. The molecule has 2 nitrogen and oxygen atoms in total. The number of carbonyl (C=O) groups excluding carboxylic acids is 2. The third-order valence-electron chi connectivity index (χ3n) is 3.90. The van der Waals surface area contributed by atoms with Crippen LogP contribution in [0.4, 0.5) is 0 Å². The Labute approximate surface area is 129 Å². The smallest absolute Gasteiger partial charge is 0.160 e. The van der Waals surface area contributed by atoms with E-state index in [0.29, 0.717) is 5.56 Å². The van der Waals surface area contributed by atoms with Crippen LogP contribution in [0.5, 0.6) is 0 Å². The summed E-state index contributed by atoms with van der Waals surface area (Å²) in [6, 6.07) is 19.3. The lowest BCUT2D eigenvalue weighted by Crippen LogP contribution is -1.94. The first kappa shape index (κ1) is 14.2. The second kappa shape index (κ2) is 5.57. The predicted molar refractivity (Wildman–Crippen MR) is 89.4 cm³/mol. The third kappa shape index (κ3) is 2.44. The number of ketones is 2. The summed E-state index contributed by atoms with van der Waals surface area (Å²) in [4.78, 5) is 23.2. The Hall–Kier alpha value is -2.74. The van der Waals surface area contributed by atoms with E-state index in [1.54, 1.807) is 13.8 Å². The molecule has 0 unspecified atom stereocenters. The molecule has 0 heterocycles. The minimum atomic E-state index is 0.0586. The summed E-state index contributed by atoms with van der Waals surface area (Å²) in [6.45, 7) is 3.15. The quantitative estimate of drug-likeness (QED) is 0.641. The van der Waals surface area contributed by atoms with E-state index in [4.69, 9.17) is 0 Å². The molecule has 0 bridgehead atoms. The first-order valence-electron chi connectivity index (χ1n) is 7.22. The zero-order chi connectivity index (χ0) is 15.7. The molecule has 0 aromatic heterocycles. The monoisotopic (exact) mass is 288 g/mol. The summed E-state index contributed by atoms with van der Waals surface area (Å²) in [5.41, 5.74) is 3.54. The van der Waals surface area contributed by atoms with Crippen molar-refractivity contribution in [2.75, 3.05) is 0 Å². The summed E-state index contributed by atoms with van der Waals surface area (Å²) in [5, 5.41) is 2.01. The van der Waals surface area contributed by atoms with E-state index in [2.05, 4.69) is 0 Å². The summed E-state index contributed by atoms with van der Waals surface area (Å²) in [6.07, 6.45) is 0. The molecule has 0 aliphatic carbocycles. The van der Waals surface area contributed by atoms with Crippen molar-refractivity contribution in [1.82, 2.24) is 0 Å². The van der Waals surface area contributed by atoms with Gasteiger partial charge in [0.05, 0.1) is 0 Å². The lowest BCUT2D eigenvalue weighted by Gasteiger charge is -2.10. The van der Waals surface area contributed by atoms with Crippen molar-refractivity contribution < 1.29 is 9.59 Å². The molecule has 3 rings (SSSR count). The van der Waals surface area contributed by atoms with Gasteiger partial charge in [-0.05, 0) is 35.7 Å². The van der Waals surface area contributed by atoms with Crippen LogP contribution in [-0.2, 0) is 0 Å². The molecule has 0 spiro atoms. The minimum Gasteiger partial charge on any atom is -0.295 e. The fourth-order valence-electron chi connectivity index (χ4n) is 2.75. The Morgan fingerprint density at radius 2 is 1.32 bits per heavy atom. The van der Waals surface area contributed by atoms with E-state index in [-0.39, 0.29) is 11.6 Å². The van der Waals surface area contributed by atoms with Crippen LogP contribution in [0, 0.1) is 0 Å². The molecule has 0 saturated carbocycles. The van der Waals surface area contributed by atoms with Crippen molar-refractivity contribution in [3.8, 4) is 11.1 Å². The molecule has 2 heteroatoms. The van der Waals surface area contributed by atoms with Crippen LogP contribution in [-0.4, -0.2) is 11.6 Å². The van der Waals surface area contributed by atoms with Gasteiger partial charge < -0.3 is 0 Å². The highest BCUT2D eigenvalue weighted by atomic mass is 16.1. The summed E-state index contributed by atoms with van der Waals surface area (Å²) >= 11 is 0. The molecular formula is C20H16O2. The van der Waals surface area contributed by atoms with Gasteiger partial charge in [-0.25, -0.2) is 0 Å². The van der Waals surface area contributed by atoms with Crippen molar-refractivity contribution >= 4 is 22.3 Å². The highest BCUT2D eigenvalue weighted by molar-refractivity contribution is 6.10. The van der Waals surface area contributed by atoms with Gasteiger partial charge in [-0.3, -0.25) is 9.59 Å². The maximum atomic E-state index is 11.8. The number of benzene rings is 3. The molecule has 0 atom stereocenters. The molecule has 0 radical (unpaired) electrons. The number of fused-ring (bicyclic) bond motifs is 1. The van der Waals surface area contributed by atoms with E-state index in [9.17, 15) is 9.59 Å². The number of rotatable bonds is 3. The van der Waals surface area contributed by atoms with Crippen molar-refractivity contribution in [1.29, 1.82) is 0 Å². The van der Waals surface area contributed by atoms with Crippen LogP contribution in [0.25, 0.3) is 21.9 Å². The second-order valence-electron chi connectivity index (χ2n) is 5.40. The van der Waals surface area contributed by atoms with Crippen LogP contribution in [0.15, 0.2) is 60.7 Å². The van der Waals surface area contributed by atoms with Gasteiger partial charge >= 0.3 is 0 Å². The topological polar surface area (TPSA) is 34.1 Å². The summed E-state index contributed by atoms with van der Waals surface area (Å²) in [7, 11) is 0. The Balaban J connectivity index is 2.21. The number of carbonyl (C=O) groups is 2. The zero-order valence-electron chi connectivity index (χ0n) is 12.6. The Kier molecular flexibility index (Phi) is 3.60. The highest BCUT2D eigenvalue weighted by Crippen LogP contribution is 2.30. The van der Waals surface area contributed by atoms with Crippen molar-refractivity contribution in [3.63, 3.8) is 0 Å². The minimum absolute atomic E-state index is 0.0586. The van der Waals surface area contributed by atoms with Gasteiger partial charge in [0.15, 0.2) is 11.6 Å². The lowest BCUT2D eigenvalue weighted by atomic mass is 9.94. The first-order chi connectivity index (χ1) is 10.6. The molecule has 0 N–H and O–H groups in total. The molecule has 0 aliphatic heterocycles. The van der Waals surface area contributed by atoms with E-state index in [0.717, 1.165) is 27.5 Å². The Morgan fingerprint density at radius 3 is 1.95 bits per heavy atom. The molecule has 22 heavy (non-hydrogen) atoms. The molecule has 3 aromatic carbocycles. The molecule has 0 fully saturated rings. The molecule has 0 saturated heterocycles. The Bertz CT molecular complexity index is 874. The SMILES string of the molecule is CC(=O)c1ccc(-c2cccc3c(C(C)=O)cccc23)cc1. The number of Topliss-reactive ketones (excluding diaryl/α,β-unsaturated/α-hetero) is 2. The molecular weight excluding hydrogens is 272 g/mol. The van der Waals surface area contributed by atoms with Crippen molar-refractivity contribution in [3.05, 3.63) is 71.8 Å². The molecule has 0 aliphatic rings. The van der Waals surface area contributed by atoms with Crippen LogP contribution in [0.3, 0.4) is 0 Å².